The van der Waals surface area contributed by atoms with Crippen molar-refractivity contribution in [2.75, 3.05) is 31.3 Å². The third-order valence-electron chi connectivity index (χ3n) is 4.53. The van der Waals surface area contributed by atoms with Crippen molar-refractivity contribution in [3.8, 4) is 5.75 Å². The molecule has 1 heterocycles. The lowest BCUT2D eigenvalue weighted by Crippen LogP contribution is -2.29. The number of nitrogens with one attached hydrogen (secondary N) is 2. The van der Waals surface area contributed by atoms with E-state index in [-0.39, 0.29) is 12.5 Å². The molecule has 0 bridgehead atoms. The normalized spacial score (nSPS) is 10.8. The van der Waals surface area contributed by atoms with Crippen molar-refractivity contribution in [2.24, 2.45) is 0 Å². The number of hydrogen-bond acceptors (Lipinski definition) is 6. The van der Waals surface area contributed by atoms with Crippen molar-refractivity contribution in [2.45, 2.75) is 20.4 Å². The molecule has 0 saturated heterocycles. The average molecular weight is 411 g/mol. The Morgan fingerprint density at radius 2 is 1.83 bits per heavy atom. The monoisotopic (exact) mass is 410 g/mol. The zero-order valence-corrected chi connectivity index (χ0v) is 18.0. The van der Waals surface area contributed by atoms with Gasteiger partial charge in [0.1, 0.15) is 5.75 Å². The maximum atomic E-state index is 12.3. The highest BCUT2D eigenvalue weighted by Gasteiger charge is 2.10. The highest BCUT2D eigenvalue weighted by molar-refractivity contribution is 7.13. The van der Waals surface area contributed by atoms with Gasteiger partial charge in [0, 0.05) is 23.3 Å². The summed E-state index contributed by atoms with van der Waals surface area (Å²) in [7, 11) is 3.52. The van der Waals surface area contributed by atoms with Gasteiger partial charge in [-0.05, 0) is 68.4 Å². The molecule has 0 spiro atoms. The number of nitrogens with zero attached hydrogens (tertiary/aromatic N) is 2. The Hall–Kier alpha value is -2.90. The molecule has 3 rings (SSSR count). The van der Waals surface area contributed by atoms with Crippen molar-refractivity contribution in [3.05, 3.63) is 64.7 Å². The van der Waals surface area contributed by atoms with E-state index in [0.29, 0.717) is 6.54 Å². The second-order valence-corrected chi connectivity index (χ2v) is 7.88. The molecule has 29 heavy (non-hydrogen) atoms. The van der Waals surface area contributed by atoms with E-state index in [9.17, 15) is 4.79 Å². The molecule has 2 N–H and O–H groups in total. The van der Waals surface area contributed by atoms with Crippen molar-refractivity contribution in [3.63, 3.8) is 0 Å². The predicted octanol–water partition coefficient (Wildman–Crippen LogP) is 4.58. The summed E-state index contributed by atoms with van der Waals surface area (Å²) >= 11 is 1.56. The lowest BCUT2D eigenvalue weighted by Gasteiger charge is -2.15. The van der Waals surface area contributed by atoms with Crippen molar-refractivity contribution in [1.82, 2.24) is 9.88 Å². The zero-order valence-electron chi connectivity index (χ0n) is 17.2. The molecule has 3 aromatic rings. The predicted molar refractivity (Wildman–Crippen MR) is 119 cm³/mol. The number of rotatable bonds is 8. The van der Waals surface area contributed by atoms with Gasteiger partial charge in [-0.3, -0.25) is 9.69 Å². The largest absolute Gasteiger partial charge is 0.497 e. The summed E-state index contributed by atoms with van der Waals surface area (Å²) in [6, 6.07) is 13.5. The molecule has 0 radical (unpaired) electrons. The Balaban J connectivity index is 1.50. The Labute approximate surface area is 175 Å². The Bertz CT molecular complexity index is 969. The van der Waals surface area contributed by atoms with Crippen LogP contribution in [0.2, 0.25) is 0 Å². The number of aromatic nitrogens is 1. The van der Waals surface area contributed by atoms with Gasteiger partial charge in [0.2, 0.25) is 5.91 Å². The van der Waals surface area contributed by atoms with Gasteiger partial charge >= 0.3 is 0 Å². The van der Waals surface area contributed by atoms with Gasteiger partial charge < -0.3 is 15.4 Å². The van der Waals surface area contributed by atoms with Crippen LogP contribution in [0.15, 0.2) is 47.8 Å². The summed E-state index contributed by atoms with van der Waals surface area (Å²) in [4.78, 5) is 18.8. The first-order chi connectivity index (χ1) is 13.9. The standard InChI is InChI=1S/C22H26N4O2S/c1-15-5-6-18(11-16(15)2)24-22-25-19(14-29-22)12-26(3)13-21(27)23-17-7-9-20(28-4)10-8-17/h5-11,14H,12-13H2,1-4H3,(H,23,27)(H,24,25). The molecule has 1 amide bonds. The number of hydrogen-bond donors (Lipinski definition) is 2. The van der Waals surface area contributed by atoms with E-state index in [2.05, 4.69) is 47.7 Å². The number of amides is 1. The van der Waals surface area contributed by atoms with Gasteiger partial charge in [0.05, 0.1) is 19.3 Å². The summed E-state index contributed by atoms with van der Waals surface area (Å²) in [6.07, 6.45) is 0. The first kappa shape index (κ1) is 20.8. The fourth-order valence-corrected chi connectivity index (χ4v) is 3.55. The molecular weight excluding hydrogens is 384 g/mol. The molecule has 0 aliphatic heterocycles. The molecule has 0 fully saturated rings. The lowest BCUT2D eigenvalue weighted by atomic mass is 10.1. The topological polar surface area (TPSA) is 66.5 Å². The van der Waals surface area contributed by atoms with Crippen LogP contribution in [0.5, 0.6) is 5.75 Å². The average Bonchev–Trinajstić information content (AvgIpc) is 3.11. The zero-order chi connectivity index (χ0) is 20.8. The molecule has 7 heteroatoms. The number of benzene rings is 2. The summed E-state index contributed by atoms with van der Waals surface area (Å²) < 4.78 is 5.12. The molecule has 152 valence electrons. The minimum absolute atomic E-state index is 0.0682. The summed E-state index contributed by atoms with van der Waals surface area (Å²) in [5.74, 6) is 0.690. The number of methoxy groups -OCH3 is 1. The van der Waals surface area contributed by atoms with Gasteiger partial charge in [-0.1, -0.05) is 6.07 Å². The van der Waals surface area contributed by atoms with Gasteiger partial charge in [0.15, 0.2) is 5.13 Å². The second kappa shape index (κ2) is 9.54. The van der Waals surface area contributed by atoms with E-state index in [4.69, 9.17) is 4.74 Å². The Kier molecular flexibility index (Phi) is 6.85. The Morgan fingerprint density at radius 1 is 1.10 bits per heavy atom. The minimum Gasteiger partial charge on any atom is -0.497 e. The summed E-state index contributed by atoms with van der Waals surface area (Å²) in [5, 5.41) is 9.10. The van der Waals surface area contributed by atoms with Crippen LogP contribution in [0, 0.1) is 13.8 Å². The van der Waals surface area contributed by atoms with Crippen molar-refractivity contribution in [1.29, 1.82) is 0 Å². The van der Waals surface area contributed by atoms with Crippen LogP contribution in [0.1, 0.15) is 16.8 Å². The van der Waals surface area contributed by atoms with Crippen molar-refractivity contribution < 1.29 is 9.53 Å². The van der Waals surface area contributed by atoms with Crippen LogP contribution < -0.4 is 15.4 Å². The summed E-state index contributed by atoms with van der Waals surface area (Å²) in [6.45, 7) is 5.07. The van der Waals surface area contributed by atoms with Gasteiger partial charge in [-0.25, -0.2) is 4.98 Å². The van der Waals surface area contributed by atoms with E-state index >= 15 is 0 Å². The summed E-state index contributed by atoms with van der Waals surface area (Å²) in [5.41, 5.74) is 5.22. The maximum Gasteiger partial charge on any atom is 0.238 e. The van der Waals surface area contributed by atoms with Gasteiger partial charge in [-0.2, -0.15) is 0 Å². The molecule has 0 unspecified atom stereocenters. The van der Waals surface area contributed by atoms with E-state index < -0.39 is 0 Å². The molecule has 0 saturated carbocycles. The third-order valence-corrected chi connectivity index (χ3v) is 5.34. The fourth-order valence-electron chi connectivity index (χ4n) is 2.83. The van der Waals surface area contributed by atoms with Crippen LogP contribution in [-0.4, -0.2) is 36.5 Å². The van der Waals surface area contributed by atoms with E-state index in [0.717, 1.165) is 27.9 Å². The molecule has 2 aromatic carbocycles. The van der Waals surface area contributed by atoms with Crippen LogP contribution >= 0.6 is 11.3 Å². The molecule has 1 aromatic heterocycles. The number of likely N-dealkylation sites (N-methyl/N-ethyl adjacent to an activating group) is 1. The Morgan fingerprint density at radius 3 is 2.52 bits per heavy atom. The van der Waals surface area contributed by atoms with Crippen LogP contribution in [0.3, 0.4) is 0 Å². The molecule has 0 atom stereocenters. The third kappa shape index (κ3) is 6.04. The lowest BCUT2D eigenvalue weighted by molar-refractivity contribution is -0.117. The quantitative estimate of drug-likeness (QED) is 0.569. The van der Waals surface area contributed by atoms with Gasteiger partial charge in [-0.15, -0.1) is 11.3 Å². The van der Waals surface area contributed by atoms with Crippen LogP contribution in [0.4, 0.5) is 16.5 Å². The number of anilines is 3. The van der Waals surface area contributed by atoms with E-state index in [1.807, 2.05) is 41.6 Å². The highest BCUT2D eigenvalue weighted by Crippen LogP contribution is 2.23. The maximum absolute atomic E-state index is 12.3. The fraction of sp³-hybridized carbons (Fsp3) is 0.273. The first-order valence-electron chi connectivity index (χ1n) is 9.34. The molecular formula is C22H26N4O2S. The number of aryl methyl sites for hydroxylation is 2. The van der Waals surface area contributed by atoms with Crippen molar-refractivity contribution >= 4 is 33.8 Å². The number of ether oxygens (including phenoxy) is 1. The second-order valence-electron chi connectivity index (χ2n) is 7.02. The minimum atomic E-state index is -0.0682. The van der Waals surface area contributed by atoms with Crippen LogP contribution in [-0.2, 0) is 11.3 Å². The molecule has 0 aliphatic carbocycles. The van der Waals surface area contributed by atoms with E-state index in [1.54, 1.807) is 18.4 Å². The highest BCUT2D eigenvalue weighted by atomic mass is 32.1. The van der Waals surface area contributed by atoms with Gasteiger partial charge in [0.25, 0.3) is 0 Å². The molecule has 0 aliphatic rings. The molecule has 6 nitrogen and oxygen atoms in total. The first-order valence-corrected chi connectivity index (χ1v) is 10.2. The number of carbonyl (C=O) groups is 1. The number of carbonyl (C=O) groups excluding carboxylic acids is 1. The number of thiazole rings is 1. The van der Waals surface area contributed by atoms with E-state index in [1.165, 1.54) is 11.1 Å². The SMILES string of the molecule is COc1ccc(NC(=O)CN(C)Cc2csc(Nc3ccc(C)c(C)c3)n2)cc1. The van der Waals surface area contributed by atoms with Crippen LogP contribution in [0.25, 0.3) is 0 Å². The smallest absolute Gasteiger partial charge is 0.238 e.